The Balaban J connectivity index is 1.56. The highest BCUT2D eigenvalue weighted by molar-refractivity contribution is 5.75. The van der Waals surface area contributed by atoms with E-state index in [2.05, 4.69) is 36.2 Å². The third kappa shape index (κ3) is 5.47. The van der Waals surface area contributed by atoms with Crippen LogP contribution in [0.1, 0.15) is 37.0 Å². The van der Waals surface area contributed by atoms with Gasteiger partial charge in [0.15, 0.2) is 0 Å². The standard InChI is InChI=1S/C23H25NO2/c1-17(13-18(2)25)14-21-7-5-19(6-8-21)3-4-20-9-11-22(12-10-20)26-23-15-24-16-23/h5-12,17,23-24H,13-16H2,1-2H3. The lowest BCUT2D eigenvalue weighted by molar-refractivity contribution is -0.117. The summed E-state index contributed by atoms with van der Waals surface area (Å²) in [7, 11) is 0. The van der Waals surface area contributed by atoms with Gasteiger partial charge in [0.25, 0.3) is 0 Å². The van der Waals surface area contributed by atoms with Gasteiger partial charge in [-0.25, -0.2) is 0 Å². The highest BCUT2D eigenvalue weighted by Gasteiger charge is 2.17. The van der Waals surface area contributed by atoms with Crippen molar-refractivity contribution < 1.29 is 9.53 Å². The smallest absolute Gasteiger partial charge is 0.130 e. The highest BCUT2D eigenvalue weighted by atomic mass is 16.5. The second-order valence-corrected chi connectivity index (χ2v) is 7.08. The zero-order chi connectivity index (χ0) is 18.4. The Morgan fingerprint density at radius 2 is 1.65 bits per heavy atom. The molecule has 0 spiro atoms. The van der Waals surface area contributed by atoms with Crippen molar-refractivity contribution in [3.63, 3.8) is 0 Å². The van der Waals surface area contributed by atoms with Gasteiger partial charge in [0.1, 0.15) is 17.6 Å². The third-order valence-electron chi connectivity index (χ3n) is 4.43. The summed E-state index contributed by atoms with van der Waals surface area (Å²) in [4.78, 5) is 11.2. The van der Waals surface area contributed by atoms with Crippen LogP contribution in [0.5, 0.6) is 5.75 Å². The van der Waals surface area contributed by atoms with Gasteiger partial charge in [-0.3, -0.25) is 0 Å². The van der Waals surface area contributed by atoms with Crippen LogP contribution < -0.4 is 10.1 Å². The van der Waals surface area contributed by atoms with Crippen molar-refractivity contribution in [2.24, 2.45) is 5.92 Å². The Labute approximate surface area is 155 Å². The van der Waals surface area contributed by atoms with Crippen LogP contribution in [0, 0.1) is 17.8 Å². The van der Waals surface area contributed by atoms with Crippen LogP contribution in [0.25, 0.3) is 0 Å². The first kappa shape index (κ1) is 18.2. The molecule has 3 rings (SSSR count). The molecule has 0 radical (unpaired) electrons. The van der Waals surface area contributed by atoms with Gasteiger partial charge in [-0.2, -0.15) is 0 Å². The molecule has 1 heterocycles. The molecular formula is C23H25NO2. The van der Waals surface area contributed by atoms with Crippen molar-refractivity contribution >= 4 is 5.78 Å². The largest absolute Gasteiger partial charge is 0.488 e. The molecule has 1 aliphatic heterocycles. The van der Waals surface area contributed by atoms with Crippen LogP contribution in [0.2, 0.25) is 0 Å². The number of ketones is 1. The van der Waals surface area contributed by atoms with E-state index in [-0.39, 0.29) is 5.78 Å². The molecule has 0 bridgehead atoms. The number of hydrogen-bond donors (Lipinski definition) is 1. The molecule has 0 aliphatic carbocycles. The zero-order valence-electron chi connectivity index (χ0n) is 15.4. The van der Waals surface area contributed by atoms with Gasteiger partial charge in [0.05, 0.1) is 0 Å². The Morgan fingerprint density at radius 3 is 2.15 bits per heavy atom. The van der Waals surface area contributed by atoms with Gasteiger partial charge in [0, 0.05) is 30.6 Å². The summed E-state index contributed by atoms with van der Waals surface area (Å²) in [6.45, 7) is 5.61. The number of hydrogen-bond acceptors (Lipinski definition) is 3. The summed E-state index contributed by atoms with van der Waals surface area (Å²) >= 11 is 0. The van der Waals surface area contributed by atoms with Gasteiger partial charge in [-0.05, 0) is 61.2 Å². The Hall–Kier alpha value is -2.57. The fraction of sp³-hybridized carbons (Fsp3) is 0.348. The number of carbonyl (C=O) groups excluding carboxylic acids is 1. The van der Waals surface area contributed by atoms with Crippen molar-refractivity contribution in [3.8, 4) is 17.6 Å². The molecular weight excluding hydrogens is 322 g/mol. The molecule has 134 valence electrons. The molecule has 3 nitrogen and oxygen atoms in total. The third-order valence-corrected chi connectivity index (χ3v) is 4.43. The van der Waals surface area contributed by atoms with E-state index in [1.807, 2.05) is 36.4 Å². The van der Waals surface area contributed by atoms with E-state index in [0.717, 1.165) is 36.4 Å². The fourth-order valence-corrected chi connectivity index (χ4v) is 2.99. The lowest BCUT2D eigenvalue weighted by Crippen LogP contribution is -2.50. The summed E-state index contributed by atoms with van der Waals surface area (Å²) in [6.07, 6.45) is 1.85. The lowest BCUT2D eigenvalue weighted by Gasteiger charge is -2.27. The maximum Gasteiger partial charge on any atom is 0.130 e. The van der Waals surface area contributed by atoms with Crippen LogP contribution in [0.15, 0.2) is 48.5 Å². The van der Waals surface area contributed by atoms with E-state index in [1.165, 1.54) is 5.56 Å². The van der Waals surface area contributed by atoms with Crippen molar-refractivity contribution in [3.05, 3.63) is 65.2 Å². The maximum absolute atomic E-state index is 11.2. The number of Topliss-reactive ketones (excluding diaryl/α,β-unsaturated/α-hetero) is 1. The maximum atomic E-state index is 11.2. The quantitative estimate of drug-likeness (QED) is 0.812. The van der Waals surface area contributed by atoms with E-state index in [9.17, 15) is 4.79 Å². The number of rotatable bonds is 6. The molecule has 1 saturated heterocycles. The molecule has 1 unspecified atom stereocenters. The molecule has 0 saturated carbocycles. The van der Waals surface area contributed by atoms with Crippen molar-refractivity contribution in [1.29, 1.82) is 0 Å². The van der Waals surface area contributed by atoms with E-state index in [4.69, 9.17) is 4.74 Å². The minimum absolute atomic E-state index is 0.251. The van der Waals surface area contributed by atoms with Crippen molar-refractivity contribution in [2.75, 3.05) is 13.1 Å². The molecule has 1 atom stereocenters. The van der Waals surface area contributed by atoms with Crippen LogP contribution in [0.4, 0.5) is 0 Å². The zero-order valence-corrected chi connectivity index (χ0v) is 15.4. The normalized spacial score (nSPS) is 14.7. The molecule has 26 heavy (non-hydrogen) atoms. The topological polar surface area (TPSA) is 38.3 Å². The SMILES string of the molecule is CC(=O)CC(C)Cc1ccc(C#Cc2ccc(OC3CNC3)cc2)cc1. The van der Waals surface area contributed by atoms with Crippen molar-refractivity contribution in [1.82, 2.24) is 5.32 Å². The van der Waals surface area contributed by atoms with E-state index in [1.54, 1.807) is 6.92 Å². The van der Waals surface area contributed by atoms with Crippen LogP contribution in [-0.4, -0.2) is 25.0 Å². The predicted octanol–water partition coefficient (Wildman–Crippen LogP) is 3.59. The second kappa shape index (κ2) is 8.69. The first-order valence-corrected chi connectivity index (χ1v) is 9.16. The van der Waals surface area contributed by atoms with Crippen LogP contribution in [-0.2, 0) is 11.2 Å². The minimum Gasteiger partial charge on any atom is -0.488 e. The summed E-state index contributed by atoms with van der Waals surface area (Å²) in [6, 6.07) is 16.2. The highest BCUT2D eigenvalue weighted by Crippen LogP contribution is 2.15. The molecule has 2 aromatic rings. The van der Waals surface area contributed by atoms with Gasteiger partial charge >= 0.3 is 0 Å². The predicted molar refractivity (Wildman–Crippen MR) is 104 cm³/mol. The summed E-state index contributed by atoms with van der Waals surface area (Å²) in [5.74, 6) is 7.92. The molecule has 1 fully saturated rings. The molecule has 1 N–H and O–H groups in total. The second-order valence-electron chi connectivity index (χ2n) is 7.08. The van der Waals surface area contributed by atoms with Gasteiger partial charge < -0.3 is 14.8 Å². The number of ether oxygens (including phenoxy) is 1. The Morgan fingerprint density at radius 1 is 1.08 bits per heavy atom. The Kier molecular flexibility index (Phi) is 6.09. The van der Waals surface area contributed by atoms with Gasteiger partial charge in [-0.1, -0.05) is 30.9 Å². The number of nitrogens with one attached hydrogen (secondary N) is 1. The van der Waals surface area contributed by atoms with Crippen LogP contribution in [0.3, 0.4) is 0 Å². The van der Waals surface area contributed by atoms with Gasteiger partial charge in [-0.15, -0.1) is 0 Å². The molecule has 2 aromatic carbocycles. The minimum atomic E-state index is 0.251. The van der Waals surface area contributed by atoms with E-state index >= 15 is 0 Å². The first-order chi connectivity index (χ1) is 12.6. The average molecular weight is 347 g/mol. The molecule has 1 aliphatic rings. The van der Waals surface area contributed by atoms with Crippen molar-refractivity contribution in [2.45, 2.75) is 32.8 Å². The molecule has 0 amide bonds. The Bertz CT molecular complexity index is 793. The lowest BCUT2D eigenvalue weighted by atomic mass is 9.96. The summed E-state index contributed by atoms with van der Waals surface area (Å²) in [5.41, 5.74) is 3.22. The first-order valence-electron chi connectivity index (χ1n) is 9.16. The summed E-state index contributed by atoms with van der Waals surface area (Å²) in [5, 5.41) is 3.19. The van der Waals surface area contributed by atoms with E-state index in [0.29, 0.717) is 18.4 Å². The van der Waals surface area contributed by atoms with E-state index < -0.39 is 0 Å². The fourth-order valence-electron chi connectivity index (χ4n) is 2.99. The monoisotopic (exact) mass is 347 g/mol. The average Bonchev–Trinajstić information content (AvgIpc) is 2.58. The van der Waals surface area contributed by atoms with Crippen LogP contribution >= 0.6 is 0 Å². The number of benzene rings is 2. The van der Waals surface area contributed by atoms with Gasteiger partial charge in [0.2, 0.25) is 0 Å². The molecule has 3 heteroatoms. The molecule has 0 aromatic heterocycles. The summed E-state index contributed by atoms with van der Waals surface area (Å²) < 4.78 is 5.81. The number of carbonyl (C=O) groups is 1.